The molecule has 2 aromatic rings. The van der Waals surface area contributed by atoms with Crippen LogP contribution in [0.25, 0.3) is 0 Å². The molecule has 0 aliphatic heterocycles. The molecule has 4 heteroatoms. The van der Waals surface area contributed by atoms with Crippen molar-refractivity contribution in [1.82, 2.24) is 4.57 Å². The van der Waals surface area contributed by atoms with Gasteiger partial charge in [-0.15, -0.1) is 0 Å². The van der Waals surface area contributed by atoms with Crippen LogP contribution in [0.2, 0.25) is 5.02 Å². The van der Waals surface area contributed by atoms with Crippen molar-refractivity contribution in [2.24, 2.45) is 0 Å². The Morgan fingerprint density at radius 2 is 2.00 bits per heavy atom. The lowest BCUT2D eigenvalue weighted by Gasteiger charge is -2.07. The molecule has 1 heterocycles. The third kappa shape index (κ3) is 2.25. The average Bonchev–Trinajstić information content (AvgIpc) is 2.25. The van der Waals surface area contributed by atoms with Crippen molar-refractivity contribution in [1.29, 1.82) is 0 Å². The van der Waals surface area contributed by atoms with Crippen LogP contribution in [-0.2, 0) is 6.54 Å². The lowest BCUT2D eigenvalue weighted by atomic mass is 10.2. The van der Waals surface area contributed by atoms with Crippen molar-refractivity contribution >= 4 is 17.3 Å². The number of anilines is 1. The second-order valence-corrected chi connectivity index (χ2v) is 3.92. The first kappa shape index (κ1) is 10.8. The molecular weight excluding hydrogens is 224 g/mol. The van der Waals surface area contributed by atoms with Crippen LogP contribution in [0.4, 0.5) is 5.69 Å². The van der Waals surface area contributed by atoms with Gasteiger partial charge in [-0.1, -0.05) is 29.8 Å². The molecule has 0 bridgehead atoms. The Labute approximate surface area is 98.1 Å². The molecule has 82 valence electrons. The summed E-state index contributed by atoms with van der Waals surface area (Å²) in [6, 6.07) is 10.5. The van der Waals surface area contributed by atoms with Gasteiger partial charge in [-0.2, -0.15) is 0 Å². The van der Waals surface area contributed by atoms with E-state index in [0.29, 0.717) is 17.3 Å². The smallest absolute Gasteiger partial charge is 0.252 e. The predicted molar refractivity (Wildman–Crippen MR) is 65.7 cm³/mol. The Morgan fingerprint density at radius 3 is 2.69 bits per heavy atom. The minimum absolute atomic E-state index is 0.125. The highest BCUT2D eigenvalue weighted by Gasteiger charge is 2.01. The zero-order valence-corrected chi connectivity index (χ0v) is 9.32. The van der Waals surface area contributed by atoms with Crippen LogP contribution in [0.5, 0.6) is 0 Å². The standard InChI is InChI=1S/C12H11ClN2O/c13-11-4-2-1-3-9(11)8-15-6-5-10(14)7-12(15)16/h1-7H,8,14H2. The van der Waals surface area contributed by atoms with Gasteiger partial charge in [0.05, 0.1) is 6.54 Å². The molecule has 0 unspecified atom stereocenters. The maximum Gasteiger partial charge on any atom is 0.252 e. The van der Waals surface area contributed by atoms with E-state index >= 15 is 0 Å². The SMILES string of the molecule is Nc1ccn(Cc2ccccc2Cl)c(=O)c1. The Balaban J connectivity index is 2.35. The fourth-order valence-electron chi connectivity index (χ4n) is 1.46. The van der Waals surface area contributed by atoms with Crippen molar-refractivity contribution in [3.63, 3.8) is 0 Å². The summed E-state index contributed by atoms with van der Waals surface area (Å²) in [6.07, 6.45) is 1.67. The van der Waals surface area contributed by atoms with Gasteiger partial charge in [0.25, 0.3) is 5.56 Å². The second-order valence-electron chi connectivity index (χ2n) is 3.52. The van der Waals surface area contributed by atoms with E-state index in [4.69, 9.17) is 17.3 Å². The molecule has 16 heavy (non-hydrogen) atoms. The van der Waals surface area contributed by atoms with Crippen LogP contribution in [0.3, 0.4) is 0 Å². The van der Waals surface area contributed by atoms with Gasteiger partial charge in [0.1, 0.15) is 0 Å². The quantitative estimate of drug-likeness (QED) is 0.866. The molecule has 0 atom stereocenters. The summed E-state index contributed by atoms with van der Waals surface area (Å²) < 4.78 is 1.57. The highest BCUT2D eigenvalue weighted by Crippen LogP contribution is 2.15. The number of hydrogen-bond donors (Lipinski definition) is 1. The van der Waals surface area contributed by atoms with Gasteiger partial charge < -0.3 is 10.3 Å². The number of benzene rings is 1. The largest absolute Gasteiger partial charge is 0.399 e. The number of nitrogens with two attached hydrogens (primary N) is 1. The van der Waals surface area contributed by atoms with Gasteiger partial charge in [0.2, 0.25) is 0 Å². The number of nitrogens with zero attached hydrogens (tertiary/aromatic N) is 1. The molecule has 1 aromatic heterocycles. The molecule has 1 aromatic carbocycles. The van der Waals surface area contributed by atoms with E-state index in [1.165, 1.54) is 6.07 Å². The summed E-state index contributed by atoms with van der Waals surface area (Å²) in [5, 5.41) is 0.659. The lowest BCUT2D eigenvalue weighted by Crippen LogP contribution is -2.19. The highest BCUT2D eigenvalue weighted by atomic mass is 35.5. The molecule has 0 saturated carbocycles. The summed E-state index contributed by atoms with van der Waals surface area (Å²) in [7, 11) is 0. The molecule has 3 nitrogen and oxygen atoms in total. The molecule has 2 N–H and O–H groups in total. The first-order chi connectivity index (χ1) is 7.66. The fraction of sp³-hybridized carbons (Fsp3) is 0.0833. The van der Waals surface area contributed by atoms with Gasteiger partial charge in [0.15, 0.2) is 0 Å². The Morgan fingerprint density at radius 1 is 1.25 bits per heavy atom. The molecule has 0 saturated heterocycles. The first-order valence-corrected chi connectivity index (χ1v) is 5.24. The molecule has 0 radical (unpaired) electrons. The summed E-state index contributed by atoms with van der Waals surface area (Å²) in [5.41, 5.74) is 6.77. The summed E-state index contributed by atoms with van der Waals surface area (Å²) in [5.74, 6) is 0. The topological polar surface area (TPSA) is 48.0 Å². The average molecular weight is 235 g/mol. The van der Waals surface area contributed by atoms with E-state index in [9.17, 15) is 4.79 Å². The van der Waals surface area contributed by atoms with Crippen molar-refractivity contribution in [3.05, 3.63) is 63.5 Å². The van der Waals surface area contributed by atoms with E-state index < -0.39 is 0 Å². The minimum Gasteiger partial charge on any atom is -0.399 e. The Hall–Kier alpha value is -1.74. The zero-order chi connectivity index (χ0) is 11.5. The van der Waals surface area contributed by atoms with E-state index in [1.807, 2.05) is 18.2 Å². The number of nitrogen functional groups attached to an aromatic ring is 1. The van der Waals surface area contributed by atoms with Crippen molar-refractivity contribution in [3.8, 4) is 0 Å². The molecule has 0 spiro atoms. The van der Waals surface area contributed by atoms with Gasteiger partial charge in [-0.25, -0.2) is 0 Å². The number of pyridine rings is 1. The van der Waals surface area contributed by atoms with E-state index in [1.54, 1.807) is 22.9 Å². The summed E-state index contributed by atoms with van der Waals surface area (Å²) in [6.45, 7) is 0.457. The van der Waals surface area contributed by atoms with Gasteiger partial charge in [-0.3, -0.25) is 4.79 Å². The van der Waals surface area contributed by atoms with E-state index in [2.05, 4.69) is 0 Å². The normalized spacial score (nSPS) is 10.3. The predicted octanol–water partition coefficient (Wildman–Crippen LogP) is 2.13. The van der Waals surface area contributed by atoms with Gasteiger partial charge in [0, 0.05) is 23.0 Å². The van der Waals surface area contributed by atoms with Crippen molar-refractivity contribution < 1.29 is 0 Å². The van der Waals surface area contributed by atoms with Crippen molar-refractivity contribution in [2.75, 3.05) is 5.73 Å². The number of aromatic nitrogens is 1. The molecule has 2 rings (SSSR count). The maximum absolute atomic E-state index is 11.6. The van der Waals surface area contributed by atoms with Gasteiger partial charge in [-0.05, 0) is 17.7 Å². The minimum atomic E-state index is -0.125. The summed E-state index contributed by atoms with van der Waals surface area (Å²) >= 11 is 6.02. The van der Waals surface area contributed by atoms with Crippen LogP contribution in [0.1, 0.15) is 5.56 Å². The highest BCUT2D eigenvalue weighted by molar-refractivity contribution is 6.31. The molecule has 0 aliphatic rings. The molecular formula is C12H11ClN2O. The molecule has 0 aliphatic carbocycles. The first-order valence-electron chi connectivity index (χ1n) is 4.86. The third-order valence-electron chi connectivity index (χ3n) is 2.32. The van der Waals surface area contributed by atoms with Crippen LogP contribution >= 0.6 is 11.6 Å². The Kier molecular flexibility index (Phi) is 2.97. The van der Waals surface area contributed by atoms with Gasteiger partial charge >= 0.3 is 0 Å². The lowest BCUT2D eigenvalue weighted by molar-refractivity contribution is 0.760. The third-order valence-corrected chi connectivity index (χ3v) is 2.69. The summed E-state index contributed by atoms with van der Waals surface area (Å²) in [4.78, 5) is 11.6. The van der Waals surface area contributed by atoms with Crippen LogP contribution in [-0.4, -0.2) is 4.57 Å². The van der Waals surface area contributed by atoms with Crippen LogP contribution < -0.4 is 11.3 Å². The van der Waals surface area contributed by atoms with Crippen LogP contribution in [0.15, 0.2) is 47.4 Å². The number of halogens is 1. The molecule has 0 amide bonds. The second kappa shape index (κ2) is 4.41. The molecule has 0 fully saturated rings. The number of rotatable bonds is 2. The Bertz CT molecular complexity index is 563. The monoisotopic (exact) mass is 234 g/mol. The van der Waals surface area contributed by atoms with E-state index in [-0.39, 0.29) is 5.56 Å². The van der Waals surface area contributed by atoms with Crippen LogP contribution in [0, 0.1) is 0 Å². The zero-order valence-electron chi connectivity index (χ0n) is 8.56. The fourth-order valence-corrected chi connectivity index (χ4v) is 1.66. The van der Waals surface area contributed by atoms with Crippen molar-refractivity contribution in [2.45, 2.75) is 6.54 Å². The maximum atomic E-state index is 11.6. The van der Waals surface area contributed by atoms with E-state index in [0.717, 1.165) is 5.56 Å². The number of hydrogen-bond acceptors (Lipinski definition) is 2.